The molecular formula is C15H19NOS. The minimum atomic E-state index is 0.0338. The average Bonchev–Trinajstić information content (AvgIpc) is 2.43. The summed E-state index contributed by atoms with van der Waals surface area (Å²) in [6.45, 7) is 2.17. The zero-order valence-corrected chi connectivity index (χ0v) is 11.4. The van der Waals surface area contributed by atoms with Crippen molar-refractivity contribution in [3.05, 3.63) is 42.5 Å². The predicted octanol–water partition coefficient (Wildman–Crippen LogP) is 3.03. The maximum absolute atomic E-state index is 9.40. The number of hydrogen-bond acceptors (Lipinski definition) is 3. The van der Waals surface area contributed by atoms with Gasteiger partial charge in [-0.3, -0.25) is 0 Å². The minimum absolute atomic E-state index is 0.0338. The van der Waals surface area contributed by atoms with Crippen molar-refractivity contribution in [1.29, 1.82) is 0 Å². The van der Waals surface area contributed by atoms with Gasteiger partial charge in [0.1, 0.15) is 0 Å². The van der Waals surface area contributed by atoms with Crippen molar-refractivity contribution in [3.63, 3.8) is 0 Å². The standard InChI is InChI=1S/C15H19NOS/c1-2-14(16)15(10-17)18-13-8-7-11-5-3-4-6-12(11)9-13/h3-9,14-15,17H,2,10,16H2,1H3. The molecule has 0 saturated heterocycles. The van der Waals surface area contributed by atoms with Crippen LogP contribution in [0, 0.1) is 0 Å². The van der Waals surface area contributed by atoms with Crippen LogP contribution in [-0.2, 0) is 0 Å². The number of fused-ring (bicyclic) bond motifs is 1. The van der Waals surface area contributed by atoms with Crippen LogP contribution in [0.4, 0.5) is 0 Å². The van der Waals surface area contributed by atoms with Gasteiger partial charge in [-0.25, -0.2) is 0 Å². The van der Waals surface area contributed by atoms with Crippen LogP contribution < -0.4 is 5.73 Å². The third-order valence-corrected chi connectivity index (χ3v) is 4.46. The molecule has 3 heteroatoms. The molecule has 2 rings (SSSR count). The summed E-state index contributed by atoms with van der Waals surface area (Å²) >= 11 is 1.66. The largest absolute Gasteiger partial charge is 0.395 e. The number of aliphatic hydroxyl groups excluding tert-OH is 1. The fourth-order valence-corrected chi connectivity index (χ4v) is 3.07. The van der Waals surface area contributed by atoms with E-state index in [-0.39, 0.29) is 17.9 Å². The highest BCUT2D eigenvalue weighted by atomic mass is 32.2. The molecule has 0 saturated carbocycles. The molecule has 0 bridgehead atoms. The second-order valence-electron chi connectivity index (χ2n) is 4.42. The van der Waals surface area contributed by atoms with Crippen LogP contribution >= 0.6 is 11.8 Å². The van der Waals surface area contributed by atoms with E-state index in [1.807, 2.05) is 19.1 Å². The topological polar surface area (TPSA) is 46.2 Å². The summed E-state index contributed by atoms with van der Waals surface area (Å²) in [6, 6.07) is 14.7. The van der Waals surface area contributed by atoms with E-state index >= 15 is 0 Å². The summed E-state index contributed by atoms with van der Waals surface area (Å²) in [7, 11) is 0. The Bertz CT molecular complexity index is 515. The van der Waals surface area contributed by atoms with Crippen molar-refractivity contribution in [2.75, 3.05) is 6.61 Å². The van der Waals surface area contributed by atoms with Crippen LogP contribution in [0.2, 0.25) is 0 Å². The molecule has 0 aliphatic heterocycles. The first kappa shape index (κ1) is 13.4. The van der Waals surface area contributed by atoms with Gasteiger partial charge in [-0.05, 0) is 29.3 Å². The van der Waals surface area contributed by atoms with Crippen LogP contribution in [0.25, 0.3) is 10.8 Å². The Hall–Kier alpha value is -1.03. The maximum atomic E-state index is 9.40. The van der Waals surface area contributed by atoms with Gasteiger partial charge in [0.2, 0.25) is 0 Å². The Kier molecular flexibility index (Phi) is 4.64. The van der Waals surface area contributed by atoms with E-state index in [2.05, 4.69) is 30.3 Å². The molecule has 2 aromatic rings. The van der Waals surface area contributed by atoms with E-state index in [9.17, 15) is 5.11 Å². The van der Waals surface area contributed by atoms with E-state index in [1.54, 1.807) is 11.8 Å². The molecule has 0 heterocycles. The molecule has 3 N–H and O–H groups in total. The zero-order valence-electron chi connectivity index (χ0n) is 10.5. The van der Waals surface area contributed by atoms with Gasteiger partial charge in [-0.1, -0.05) is 37.3 Å². The number of hydrogen-bond donors (Lipinski definition) is 2. The fraction of sp³-hybridized carbons (Fsp3) is 0.333. The quantitative estimate of drug-likeness (QED) is 0.813. The van der Waals surface area contributed by atoms with E-state index in [1.165, 1.54) is 10.8 Å². The smallest absolute Gasteiger partial charge is 0.0568 e. The summed E-state index contributed by atoms with van der Waals surface area (Å²) < 4.78 is 0. The number of nitrogens with two attached hydrogens (primary N) is 1. The van der Waals surface area contributed by atoms with Crippen molar-refractivity contribution < 1.29 is 5.11 Å². The van der Waals surface area contributed by atoms with Crippen LogP contribution in [0.1, 0.15) is 13.3 Å². The molecule has 96 valence electrons. The molecule has 2 unspecified atom stereocenters. The van der Waals surface area contributed by atoms with Gasteiger partial charge < -0.3 is 10.8 Å². The first-order chi connectivity index (χ1) is 8.74. The fourth-order valence-electron chi connectivity index (χ4n) is 1.94. The molecule has 0 aliphatic rings. The normalized spacial score (nSPS) is 14.6. The zero-order chi connectivity index (χ0) is 13.0. The van der Waals surface area contributed by atoms with Crippen LogP contribution in [0.3, 0.4) is 0 Å². The molecule has 18 heavy (non-hydrogen) atoms. The monoisotopic (exact) mass is 261 g/mol. The van der Waals surface area contributed by atoms with Gasteiger partial charge in [-0.15, -0.1) is 11.8 Å². The van der Waals surface area contributed by atoms with Crippen molar-refractivity contribution >= 4 is 22.5 Å². The lowest BCUT2D eigenvalue weighted by atomic mass is 10.1. The van der Waals surface area contributed by atoms with Crippen LogP contribution in [0.5, 0.6) is 0 Å². The third-order valence-electron chi connectivity index (χ3n) is 3.14. The van der Waals surface area contributed by atoms with Crippen molar-refractivity contribution in [3.8, 4) is 0 Å². The second kappa shape index (κ2) is 6.23. The highest BCUT2D eigenvalue weighted by Crippen LogP contribution is 2.28. The van der Waals surface area contributed by atoms with Crippen molar-refractivity contribution in [2.45, 2.75) is 29.5 Å². The second-order valence-corrected chi connectivity index (χ2v) is 5.73. The molecule has 0 aromatic heterocycles. The Balaban J connectivity index is 2.20. The summed E-state index contributed by atoms with van der Waals surface area (Å²) in [5.74, 6) is 0. The molecule has 0 aliphatic carbocycles. The number of thioether (sulfide) groups is 1. The van der Waals surface area contributed by atoms with Crippen LogP contribution in [-0.4, -0.2) is 23.0 Å². The van der Waals surface area contributed by atoms with E-state index < -0.39 is 0 Å². The Morgan fingerprint density at radius 2 is 1.89 bits per heavy atom. The lowest BCUT2D eigenvalue weighted by Gasteiger charge is -2.20. The number of benzene rings is 2. The maximum Gasteiger partial charge on any atom is 0.0568 e. The van der Waals surface area contributed by atoms with E-state index in [0.717, 1.165) is 11.3 Å². The average molecular weight is 261 g/mol. The predicted molar refractivity (Wildman–Crippen MR) is 78.9 cm³/mol. The van der Waals surface area contributed by atoms with Gasteiger partial charge in [0.05, 0.1) is 6.61 Å². The van der Waals surface area contributed by atoms with Crippen molar-refractivity contribution in [2.24, 2.45) is 5.73 Å². The van der Waals surface area contributed by atoms with E-state index in [4.69, 9.17) is 5.73 Å². The first-order valence-corrected chi connectivity index (χ1v) is 7.14. The number of aliphatic hydroxyl groups is 1. The molecule has 2 nitrogen and oxygen atoms in total. The molecule has 2 aromatic carbocycles. The van der Waals surface area contributed by atoms with Gasteiger partial charge in [0.25, 0.3) is 0 Å². The highest BCUT2D eigenvalue weighted by molar-refractivity contribution is 8.00. The Morgan fingerprint density at radius 1 is 1.17 bits per heavy atom. The molecule has 2 atom stereocenters. The molecule has 0 spiro atoms. The Labute approximate surface area is 112 Å². The summed E-state index contributed by atoms with van der Waals surface area (Å²) in [4.78, 5) is 1.16. The Morgan fingerprint density at radius 3 is 2.56 bits per heavy atom. The molecule has 0 radical (unpaired) electrons. The summed E-state index contributed by atoms with van der Waals surface area (Å²) in [6.07, 6.45) is 0.881. The third kappa shape index (κ3) is 3.05. The van der Waals surface area contributed by atoms with Gasteiger partial charge >= 0.3 is 0 Å². The highest BCUT2D eigenvalue weighted by Gasteiger charge is 2.16. The summed E-state index contributed by atoms with van der Waals surface area (Å²) in [5.41, 5.74) is 6.01. The molecular weight excluding hydrogens is 242 g/mol. The first-order valence-electron chi connectivity index (χ1n) is 6.26. The lowest BCUT2D eigenvalue weighted by Crippen LogP contribution is -2.34. The number of rotatable bonds is 5. The van der Waals surface area contributed by atoms with Gasteiger partial charge in [0.15, 0.2) is 0 Å². The molecule has 0 fully saturated rings. The molecule has 0 amide bonds. The lowest BCUT2D eigenvalue weighted by molar-refractivity contribution is 0.281. The van der Waals surface area contributed by atoms with Crippen molar-refractivity contribution in [1.82, 2.24) is 0 Å². The van der Waals surface area contributed by atoms with Gasteiger partial charge in [-0.2, -0.15) is 0 Å². The SMILES string of the molecule is CCC(N)C(CO)Sc1ccc2ccccc2c1. The summed E-state index contributed by atoms with van der Waals surface area (Å²) in [5, 5.41) is 11.9. The minimum Gasteiger partial charge on any atom is -0.395 e. The van der Waals surface area contributed by atoms with E-state index in [0.29, 0.717) is 0 Å². The van der Waals surface area contributed by atoms with Crippen LogP contribution in [0.15, 0.2) is 47.4 Å². The van der Waals surface area contributed by atoms with Gasteiger partial charge in [0, 0.05) is 16.2 Å².